The number of carbonyl (C=O) groups is 1. The number of aliphatic hydroxyl groups excluding tert-OH is 1. The molecule has 0 radical (unpaired) electrons. The topological polar surface area (TPSA) is 62.2 Å². The first kappa shape index (κ1) is 16.9. The van der Waals surface area contributed by atoms with E-state index >= 15 is 0 Å². The summed E-state index contributed by atoms with van der Waals surface area (Å²) in [6, 6.07) is 3.31. The number of hydrogen-bond acceptors (Lipinski definition) is 3. The fourth-order valence-electron chi connectivity index (χ4n) is 2.03. The second-order valence-electron chi connectivity index (χ2n) is 5.26. The molecule has 0 aromatic carbocycles. The molecule has 20 heavy (non-hydrogen) atoms. The van der Waals surface area contributed by atoms with Gasteiger partial charge in [0.1, 0.15) is 5.15 Å². The molecule has 1 amide bonds. The minimum Gasteiger partial charge on any atom is -0.396 e. The van der Waals surface area contributed by atoms with E-state index in [0.29, 0.717) is 17.1 Å². The molecule has 5 heteroatoms. The highest BCUT2D eigenvalue weighted by Gasteiger charge is 2.17. The van der Waals surface area contributed by atoms with E-state index in [0.717, 1.165) is 18.5 Å². The van der Waals surface area contributed by atoms with Crippen molar-refractivity contribution in [3.8, 4) is 0 Å². The third-order valence-electron chi connectivity index (χ3n) is 3.18. The van der Waals surface area contributed by atoms with Crippen LogP contribution >= 0.6 is 11.6 Å². The van der Waals surface area contributed by atoms with Gasteiger partial charge in [-0.1, -0.05) is 38.8 Å². The van der Waals surface area contributed by atoms with Crippen molar-refractivity contribution in [2.24, 2.45) is 5.92 Å². The smallest absolute Gasteiger partial charge is 0.251 e. The zero-order chi connectivity index (χ0) is 15.1. The number of amides is 1. The van der Waals surface area contributed by atoms with E-state index in [-0.39, 0.29) is 24.5 Å². The monoisotopic (exact) mass is 298 g/mol. The maximum atomic E-state index is 12.3. The van der Waals surface area contributed by atoms with Crippen LogP contribution in [0.5, 0.6) is 0 Å². The molecule has 0 aliphatic carbocycles. The molecule has 0 fully saturated rings. The number of hydrogen-bond donors (Lipinski definition) is 2. The van der Waals surface area contributed by atoms with Crippen molar-refractivity contribution in [2.75, 3.05) is 6.61 Å². The number of rotatable bonds is 7. The molecule has 1 atom stereocenters. The van der Waals surface area contributed by atoms with Crippen LogP contribution in [0.4, 0.5) is 0 Å². The lowest BCUT2D eigenvalue weighted by molar-refractivity contribution is 0.0916. The molecule has 0 aliphatic heterocycles. The number of nitrogens with zero attached hydrogens (tertiary/aromatic N) is 1. The van der Waals surface area contributed by atoms with Crippen molar-refractivity contribution < 1.29 is 9.90 Å². The molecule has 0 saturated heterocycles. The van der Waals surface area contributed by atoms with Gasteiger partial charge in [-0.3, -0.25) is 4.79 Å². The number of carbonyl (C=O) groups excluding carboxylic acids is 1. The number of aliphatic hydroxyl groups is 1. The van der Waals surface area contributed by atoms with Gasteiger partial charge in [0.15, 0.2) is 0 Å². The maximum Gasteiger partial charge on any atom is 0.251 e. The van der Waals surface area contributed by atoms with Crippen LogP contribution in [-0.2, 0) is 6.42 Å². The maximum absolute atomic E-state index is 12.3. The Morgan fingerprint density at radius 2 is 2.15 bits per heavy atom. The Morgan fingerprint density at radius 3 is 2.70 bits per heavy atom. The van der Waals surface area contributed by atoms with E-state index in [2.05, 4.69) is 17.2 Å². The largest absolute Gasteiger partial charge is 0.396 e. The fraction of sp³-hybridized carbons (Fsp3) is 0.600. The first-order valence-corrected chi connectivity index (χ1v) is 7.43. The minimum absolute atomic E-state index is 0.0472. The summed E-state index contributed by atoms with van der Waals surface area (Å²) in [6.45, 7) is 6.14. The third kappa shape index (κ3) is 5.10. The molecule has 2 N–H and O–H groups in total. The summed E-state index contributed by atoms with van der Waals surface area (Å²) < 4.78 is 0. The van der Waals surface area contributed by atoms with E-state index in [1.54, 1.807) is 12.1 Å². The molecule has 4 nitrogen and oxygen atoms in total. The SMILES string of the molecule is CCCc1cc(C(=O)NC(CCO)C(C)C)cc(Cl)n1. The molecule has 0 bridgehead atoms. The summed E-state index contributed by atoms with van der Waals surface area (Å²) >= 11 is 5.96. The molecule has 0 saturated carbocycles. The number of halogens is 1. The van der Waals surface area contributed by atoms with Gasteiger partial charge >= 0.3 is 0 Å². The highest BCUT2D eigenvalue weighted by Crippen LogP contribution is 2.14. The molecule has 1 rings (SSSR count). The van der Waals surface area contributed by atoms with E-state index in [9.17, 15) is 4.79 Å². The van der Waals surface area contributed by atoms with Gasteiger partial charge < -0.3 is 10.4 Å². The van der Waals surface area contributed by atoms with Gasteiger partial charge in [0, 0.05) is 23.9 Å². The standard InChI is InChI=1S/C15H23ClN2O2/c1-4-5-12-8-11(9-14(16)17-12)15(20)18-13(6-7-19)10(2)3/h8-10,13,19H,4-7H2,1-3H3,(H,18,20). The number of aromatic nitrogens is 1. The minimum atomic E-state index is -0.168. The van der Waals surface area contributed by atoms with E-state index in [1.165, 1.54) is 0 Å². The van der Waals surface area contributed by atoms with Crippen LogP contribution in [0.15, 0.2) is 12.1 Å². The molecular weight excluding hydrogens is 276 g/mol. The summed E-state index contributed by atoms with van der Waals surface area (Å²) in [5.74, 6) is 0.0947. The second kappa shape index (κ2) is 8.22. The molecule has 112 valence electrons. The van der Waals surface area contributed by atoms with Gasteiger partial charge in [0.2, 0.25) is 0 Å². The summed E-state index contributed by atoms with van der Waals surface area (Å²) in [5.41, 5.74) is 1.35. The number of nitrogens with one attached hydrogen (secondary N) is 1. The summed E-state index contributed by atoms with van der Waals surface area (Å²) in [5, 5.41) is 12.3. The van der Waals surface area contributed by atoms with Crippen LogP contribution in [0, 0.1) is 5.92 Å². The Labute approximate surface area is 125 Å². The predicted octanol–water partition coefficient (Wildman–Crippen LogP) is 2.82. The molecular formula is C15H23ClN2O2. The van der Waals surface area contributed by atoms with Crippen LogP contribution in [0.25, 0.3) is 0 Å². The van der Waals surface area contributed by atoms with Gasteiger partial charge in [-0.2, -0.15) is 0 Å². The van der Waals surface area contributed by atoms with Gasteiger partial charge in [0.05, 0.1) is 0 Å². The zero-order valence-corrected chi connectivity index (χ0v) is 13.1. The van der Waals surface area contributed by atoms with Crippen LogP contribution in [0.2, 0.25) is 5.15 Å². The normalized spacial score (nSPS) is 12.5. The van der Waals surface area contributed by atoms with Crippen LogP contribution in [-0.4, -0.2) is 28.6 Å². The van der Waals surface area contributed by atoms with Crippen molar-refractivity contribution >= 4 is 17.5 Å². The van der Waals surface area contributed by atoms with E-state index in [1.807, 2.05) is 13.8 Å². The first-order chi connectivity index (χ1) is 9.47. The molecule has 0 spiro atoms. The molecule has 1 heterocycles. The van der Waals surface area contributed by atoms with Gasteiger partial charge in [-0.15, -0.1) is 0 Å². The Balaban J connectivity index is 2.85. The molecule has 1 aromatic rings. The van der Waals surface area contributed by atoms with Crippen molar-refractivity contribution in [3.05, 3.63) is 28.5 Å². The van der Waals surface area contributed by atoms with Crippen molar-refractivity contribution in [3.63, 3.8) is 0 Å². The lowest BCUT2D eigenvalue weighted by Crippen LogP contribution is -2.39. The quantitative estimate of drug-likeness (QED) is 0.761. The molecule has 1 aromatic heterocycles. The van der Waals surface area contributed by atoms with Crippen LogP contribution in [0.3, 0.4) is 0 Å². The summed E-state index contributed by atoms with van der Waals surface area (Å²) in [7, 11) is 0. The average Bonchev–Trinajstić information content (AvgIpc) is 2.37. The summed E-state index contributed by atoms with van der Waals surface area (Å²) in [6.07, 6.45) is 2.29. The molecule has 0 aliphatic rings. The van der Waals surface area contributed by atoms with E-state index < -0.39 is 0 Å². The first-order valence-electron chi connectivity index (χ1n) is 7.06. The zero-order valence-electron chi connectivity index (χ0n) is 12.3. The lowest BCUT2D eigenvalue weighted by atomic mass is 10.0. The molecule has 1 unspecified atom stereocenters. The van der Waals surface area contributed by atoms with Crippen molar-refractivity contribution in [1.29, 1.82) is 0 Å². The highest BCUT2D eigenvalue weighted by molar-refractivity contribution is 6.29. The van der Waals surface area contributed by atoms with E-state index in [4.69, 9.17) is 16.7 Å². The number of pyridine rings is 1. The Hall–Kier alpha value is -1.13. The van der Waals surface area contributed by atoms with Crippen molar-refractivity contribution in [2.45, 2.75) is 46.1 Å². The fourth-order valence-corrected chi connectivity index (χ4v) is 2.26. The second-order valence-corrected chi connectivity index (χ2v) is 5.64. The highest BCUT2D eigenvalue weighted by atomic mass is 35.5. The van der Waals surface area contributed by atoms with Gasteiger partial charge in [0.25, 0.3) is 5.91 Å². The average molecular weight is 299 g/mol. The predicted molar refractivity (Wildman–Crippen MR) is 81.0 cm³/mol. The van der Waals surface area contributed by atoms with Gasteiger partial charge in [-0.25, -0.2) is 4.98 Å². The lowest BCUT2D eigenvalue weighted by Gasteiger charge is -2.21. The number of aryl methyl sites for hydroxylation is 1. The Morgan fingerprint density at radius 1 is 1.45 bits per heavy atom. The Bertz CT molecular complexity index is 449. The Kier molecular flexibility index (Phi) is 6.96. The van der Waals surface area contributed by atoms with Crippen molar-refractivity contribution in [1.82, 2.24) is 10.3 Å². The summed E-state index contributed by atoms with van der Waals surface area (Å²) in [4.78, 5) is 16.5. The van der Waals surface area contributed by atoms with Crippen LogP contribution < -0.4 is 5.32 Å². The third-order valence-corrected chi connectivity index (χ3v) is 3.37. The van der Waals surface area contributed by atoms with Gasteiger partial charge in [-0.05, 0) is 30.9 Å². The van der Waals surface area contributed by atoms with Crippen LogP contribution in [0.1, 0.15) is 49.7 Å².